The van der Waals surface area contributed by atoms with Gasteiger partial charge in [-0.1, -0.05) is 54.6 Å². The number of carbonyl (C=O) groups excluding carboxylic acids is 1. The molecule has 4 rings (SSSR count). The van der Waals surface area contributed by atoms with Crippen LogP contribution in [-0.4, -0.2) is 75.1 Å². The van der Waals surface area contributed by atoms with Gasteiger partial charge in [0, 0.05) is 37.0 Å². The highest BCUT2D eigenvalue weighted by atomic mass is 32.2. The van der Waals surface area contributed by atoms with E-state index in [1.165, 1.54) is 62.6 Å². The van der Waals surface area contributed by atoms with Crippen LogP contribution in [0.1, 0.15) is 60.9 Å². The van der Waals surface area contributed by atoms with Crippen LogP contribution >= 0.6 is 0 Å². The molecule has 2 unspecified atom stereocenters. The molecule has 1 amide bonds. The first-order valence-corrected chi connectivity index (χ1v) is 17.2. The van der Waals surface area contributed by atoms with Gasteiger partial charge in [0.2, 0.25) is 0 Å². The number of carboxylic acid groups (broad SMARTS) is 1. The fourth-order valence-corrected chi connectivity index (χ4v) is 6.83. The summed E-state index contributed by atoms with van der Waals surface area (Å²) < 4.78 is 59.6. The molecule has 2 atom stereocenters. The Morgan fingerprint density at radius 1 is 0.816 bits per heavy atom. The topological polar surface area (TPSA) is 140 Å². The number of aliphatic hydroxyl groups excluding tert-OH is 2. The van der Waals surface area contributed by atoms with Crippen LogP contribution in [0, 0.1) is 11.6 Å². The normalized spacial score (nSPS) is 13.1. The lowest BCUT2D eigenvalue weighted by molar-refractivity contribution is -0.139. The summed E-state index contributed by atoms with van der Waals surface area (Å²) in [5.74, 6) is -3.13. The second kappa shape index (κ2) is 15.9. The van der Waals surface area contributed by atoms with Crippen molar-refractivity contribution in [3.05, 3.63) is 107 Å². The molecule has 1 heterocycles. The maximum Gasteiger partial charge on any atom is 0.306 e. The van der Waals surface area contributed by atoms with Crippen LogP contribution in [0.5, 0.6) is 0 Å². The van der Waals surface area contributed by atoms with E-state index in [0.29, 0.717) is 27.9 Å². The van der Waals surface area contributed by atoms with E-state index in [0.717, 1.165) is 8.61 Å². The molecule has 49 heavy (non-hydrogen) atoms. The fourth-order valence-electron chi connectivity index (χ4n) is 5.83. The first kappa shape index (κ1) is 37.4. The number of carbonyl (C=O) groups is 2. The smallest absolute Gasteiger partial charge is 0.306 e. The number of rotatable bonds is 15. The van der Waals surface area contributed by atoms with E-state index in [4.69, 9.17) is 5.11 Å². The van der Waals surface area contributed by atoms with Crippen molar-refractivity contribution in [2.24, 2.45) is 0 Å². The minimum Gasteiger partial charge on any atom is -0.481 e. The standard InChI is InChI=1S/C36H41F2N3O7S/c1-23(2)41-31(19-18-29(42)20-30(43)21-32(44)45)33(25-10-14-27(37)15-11-25)34(26-12-16-28(38)17-13-26)35(41)36(46)40(49(47,48)39(3)4)22-24-8-6-5-7-9-24/h5-17,23,29-30,42-43H,18-22H2,1-4H3,(H,44,45). The summed E-state index contributed by atoms with van der Waals surface area (Å²) in [7, 11) is -1.74. The zero-order valence-corrected chi connectivity index (χ0v) is 28.6. The number of aliphatic carboxylic acids is 1. The Morgan fingerprint density at radius 3 is 1.84 bits per heavy atom. The van der Waals surface area contributed by atoms with E-state index < -0.39 is 58.4 Å². The second-order valence-corrected chi connectivity index (χ2v) is 14.4. The van der Waals surface area contributed by atoms with Gasteiger partial charge < -0.3 is 19.9 Å². The van der Waals surface area contributed by atoms with Crippen molar-refractivity contribution in [3.63, 3.8) is 0 Å². The molecule has 0 aliphatic rings. The summed E-state index contributed by atoms with van der Waals surface area (Å²) in [5.41, 5.74) is 2.64. The summed E-state index contributed by atoms with van der Waals surface area (Å²) in [6.07, 6.45) is -3.08. The molecule has 0 radical (unpaired) electrons. The maximum absolute atomic E-state index is 15.0. The molecule has 0 saturated carbocycles. The van der Waals surface area contributed by atoms with Gasteiger partial charge >= 0.3 is 16.2 Å². The van der Waals surface area contributed by atoms with Crippen molar-refractivity contribution in [1.29, 1.82) is 0 Å². The number of amides is 1. The van der Waals surface area contributed by atoms with Crippen LogP contribution < -0.4 is 0 Å². The summed E-state index contributed by atoms with van der Waals surface area (Å²) in [6, 6.07) is 19.1. The maximum atomic E-state index is 15.0. The molecule has 4 aromatic rings. The lowest BCUT2D eigenvalue weighted by atomic mass is 9.92. The van der Waals surface area contributed by atoms with Gasteiger partial charge in [-0.2, -0.15) is 12.7 Å². The van der Waals surface area contributed by atoms with Gasteiger partial charge in [0.05, 0.1) is 25.2 Å². The van der Waals surface area contributed by atoms with Crippen molar-refractivity contribution in [2.45, 2.75) is 64.3 Å². The van der Waals surface area contributed by atoms with Crippen LogP contribution in [-0.2, 0) is 28.0 Å². The number of hydrogen-bond acceptors (Lipinski definition) is 6. The Hall–Kier alpha value is -4.43. The highest BCUT2D eigenvalue weighted by molar-refractivity contribution is 7.87. The Balaban J connectivity index is 2.03. The molecule has 3 aromatic carbocycles. The van der Waals surface area contributed by atoms with E-state index in [9.17, 15) is 37.0 Å². The Bertz CT molecular complexity index is 1860. The number of carboxylic acids is 1. The molecule has 1 aromatic heterocycles. The van der Waals surface area contributed by atoms with Gasteiger partial charge in [-0.15, -0.1) is 0 Å². The molecule has 0 aliphatic carbocycles. The van der Waals surface area contributed by atoms with Crippen molar-refractivity contribution in [2.75, 3.05) is 14.1 Å². The predicted octanol–water partition coefficient (Wildman–Crippen LogP) is 5.65. The Morgan fingerprint density at radius 2 is 1.35 bits per heavy atom. The lowest BCUT2D eigenvalue weighted by Gasteiger charge is -2.28. The van der Waals surface area contributed by atoms with Crippen molar-refractivity contribution in [3.8, 4) is 22.3 Å². The summed E-state index contributed by atoms with van der Waals surface area (Å²) in [4.78, 5) is 26.0. The SMILES string of the molecule is CC(C)n1c(CCC(O)CC(O)CC(=O)O)c(-c2ccc(F)cc2)c(-c2ccc(F)cc2)c1C(=O)N(Cc1ccccc1)S(=O)(=O)N(C)C. The van der Waals surface area contributed by atoms with Crippen LogP contribution in [0.25, 0.3) is 22.3 Å². The number of aromatic nitrogens is 1. The summed E-state index contributed by atoms with van der Waals surface area (Å²) in [5, 5.41) is 30.1. The molecular weight excluding hydrogens is 656 g/mol. The number of benzene rings is 3. The van der Waals surface area contributed by atoms with Gasteiger partial charge in [-0.25, -0.2) is 13.1 Å². The van der Waals surface area contributed by atoms with Crippen molar-refractivity contribution < 1.29 is 42.1 Å². The van der Waals surface area contributed by atoms with E-state index in [1.807, 2.05) is 0 Å². The van der Waals surface area contributed by atoms with E-state index in [1.54, 1.807) is 48.7 Å². The third-order valence-electron chi connectivity index (χ3n) is 8.10. The summed E-state index contributed by atoms with van der Waals surface area (Å²) >= 11 is 0. The first-order chi connectivity index (χ1) is 23.1. The zero-order valence-electron chi connectivity index (χ0n) is 27.8. The van der Waals surface area contributed by atoms with E-state index in [-0.39, 0.29) is 37.1 Å². The number of hydrogen-bond donors (Lipinski definition) is 3. The first-order valence-electron chi connectivity index (χ1n) is 15.8. The molecular formula is C36H41F2N3O7S. The Labute approximate surface area is 285 Å². The molecule has 262 valence electrons. The fraction of sp³-hybridized carbons (Fsp3) is 0.333. The number of halogens is 2. The molecule has 10 nitrogen and oxygen atoms in total. The van der Waals surface area contributed by atoms with Gasteiger partial charge in [0.1, 0.15) is 17.3 Å². The highest BCUT2D eigenvalue weighted by Crippen LogP contribution is 2.43. The molecule has 0 bridgehead atoms. The second-order valence-electron chi connectivity index (χ2n) is 12.3. The number of aliphatic hydroxyl groups is 2. The average Bonchev–Trinajstić information content (AvgIpc) is 3.38. The third-order valence-corrected chi connectivity index (χ3v) is 9.87. The average molecular weight is 698 g/mol. The molecule has 0 saturated heterocycles. The minimum atomic E-state index is -4.38. The predicted molar refractivity (Wildman–Crippen MR) is 182 cm³/mol. The lowest BCUT2D eigenvalue weighted by Crippen LogP contribution is -2.44. The van der Waals surface area contributed by atoms with Gasteiger partial charge in [-0.3, -0.25) is 9.59 Å². The van der Waals surface area contributed by atoms with Crippen LogP contribution in [0.3, 0.4) is 0 Å². The molecule has 0 fully saturated rings. The largest absolute Gasteiger partial charge is 0.481 e. The zero-order chi connectivity index (χ0) is 36.0. The quantitative estimate of drug-likeness (QED) is 0.146. The van der Waals surface area contributed by atoms with Gasteiger partial charge in [-0.05, 0) is 74.1 Å². The van der Waals surface area contributed by atoms with Gasteiger partial charge in [0.15, 0.2) is 0 Å². The molecule has 3 N–H and O–H groups in total. The van der Waals surface area contributed by atoms with Crippen LogP contribution in [0.2, 0.25) is 0 Å². The molecule has 0 spiro atoms. The Kier molecular flexibility index (Phi) is 12.1. The van der Waals surface area contributed by atoms with Crippen molar-refractivity contribution in [1.82, 2.24) is 13.2 Å². The van der Waals surface area contributed by atoms with E-state index >= 15 is 0 Å². The monoisotopic (exact) mass is 697 g/mol. The van der Waals surface area contributed by atoms with Crippen molar-refractivity contribution >= 4 is 22.1 Å². The highest BCUT2D eigenvalue weighted by Gasteiger charge is 2.37. The minimum absolute atomic E-state index is 0.0160. The number of nitrogens with zero attached hydrogens (tertiary/aromatic N) is 3. The van der Waals surface area contributed by atoms with Crippen LogP contribution in [0.15, 0.2) is 78.9 Å². The summed E-state index contributed by atoms with van der Waals surface area (Å²) in [6.45, 7) is 3.31. The molecule has 13 heteroatoms. The van der Waals surface area contributed by atoms with E-state index in [2.05, 4.69) is 0 Å². The van der Waals surface area contributed by atoms with Gasteiger partial charge in [0.25, 0.3) is 5.91 Å². The molecule has 0 aliphatic heterocycles. The third kappa shape index (κ3) is 8.79. The van der Waals surface area contributed by atoms with Crippen LogP contribution in [0.4, 0.5) is 8.78 Å².